The Hall–Kier alpha value is -1.72. The van der Waals surface area contributed by atoms with Gasteiger partial charge in [-0.05, 0) is 76.4 Å². The van der Waals surface area contributed by atoms with Crippen molar-refractivity contribution < 1.29 is 43.6 Å². The van der Waals surface area contributed by atoms with Crippen molar-refractivity contribution >= 4 is 39.8 Å². The topological polar surface area (TPSA) is 136 Å². The minimum absolute atomic E-state index is 0.00535. The number of ether oxygens (including phenoxy) is 3. The molecule has 3 saturated carbocycles. The summed E-state index contributed by atoms with van der Waals surface area (Å²) in [5.74, 6) is -0.712. The van der Waals surface area contributed by atoms with Crippen LogP contribution in [-0.4, -0.2) is 77.2 Å². The Balaban J connectivity index is 0.000000435. The normalized spacial score (nSPS) is 36.2. The maximum absolute atomic E-state index is 12.9. The fourth-order valence-electron chi connectivity index (χ4n) is 8.02. The monoisotopic (exact) mass is 656 g/mol. The first-order chi connectivity index (χ1) is 19.7. The van der Waals surface area contributed by atoms with E-state index in [1.807, 2.05) is 33.8 Å². The largest absolute Gasteiger partial charge is 0.458 e. The minimum atomic E-state index is -1.61. The zero-order valence-corrected chi connectivity index (χ0v) is 27.6. The first-order valence-electron chi connectivity index (χ1n) is 14.9. The molecule has 0 aliphatic heterocycles. The molecular weight excluding hydrogens is 608 g/mol. The molecule has 238 valence electrons. The lowest BCUT2D eigenvalue weighted by molar-refractivity contribution is -0.182. The number of rotatable bonds is 8. The number of carbonyl (C=O) groups excluding carboxylic acids is 4. The Morgan fingerprint density at radius 2 is 1.81 bits per heavy atom. The van der Waals surface area contributed by atoms with Crippen molar-refractivity contribution in [1.82, 2.24) is 0 Å². The fraction of sp³-hybridized carbons (Fsp3) is 0.750. The predicted octanol–water partition coefficient (Wildman–Crippen LogP) is 4.36. The number of allylic oxidation sites excluding steroid dienone is 4. The Bertz CT molecular complexity index is 1040. The number of aldehydes is 1. The molecule has 0 heterocycles. The van der Waals surface area contributed by atoms with Crippen molar-refractivity contribution in [2.24, 2.45) is 34.5 Å². The van der Waals surface area contributed by atoms with Crippen LogP contribution in [0.1, 0.15) is 74.1 Å². The van der Waals surface area contributed by atoms with Gasteiger partial charge in [0.15, 0.2) is 18.7 Å². The molecule has 10 heteroatoms. The quantitative estimate of drug-likeness (QED) is 0.169. The molecule has 0 radical (unpaired) electrons. The Morgan fingerprint density at radius 1 is 1.21 bits per heavy atom. The third kappa shape index (κ3) is 7.49. The van der Waals surface area contributed by atoms with Gasteiger partial charge in [-0.2, -0.15) is 0 Å². The Labute approximate surface area is 258 Å². The smallest absolute Gasteiger partial charge is 0.303 e. The zero-order valence-electron chi connectivity index (χ0n) is 26.1. The number of hydrogen-bond acceptors (Lipinski definition) is 9. The molecule has 4 aliphatic rings. The van der Waals surface area contributed by atoms with E-state index in [0.29, 0.717) is 24.6 Å². The van der Waals surface area contributed by atoms with Gasteiger partial charge in [0.1, 0.15) is 11.9 Å². The van der Waals surface area contributed by atoms with Crippen LogP contribution in [0.5, 0.6) is 0 Å². The van der Waals surface area contributed by atoms with Gasteiger partial charge in [0.05, 0.1) is 11.4 Å². The lowest BCUT2D eigenvalue weighted by Crippen LogP contribution is -2.62. The summed E-state index contributed by atoms with van der Waals surface area (Å²) in [5, 5.41) is 23.3. The average Bonchev–Trinajstić information content (AvgIpc) is 3.19. The molecular formula is C32H49BrO9. The van der Waals surface area contributed by atoms with E-state index in [1.165, 1.54) is 6.92 Å². The molecule has 0 aromatic rings. The van der Waals surface area contributed by atoms with Gasteiger partial charge in [-0.25, -0.2) is 0 Å². The number of carbonyl (C=O) groups is 4. The molecule has 0 spiro atoms. The van der Waals surface area contributed by atoms with Gasteiger partial charge in [-0.3, -0.25) is 14.4 Å². The molecule has 4 aliphatic carbocycles. The van der Waals surface area contributed by atoms with Gasteiger partial charge in [-0.15, -0.1) is 0 Å². The third-order valence-electron chi connectivity index (χ3n) is 9.70. The molecule has 4 rings (SSSR count). The number of fused-ring (bicyclic) bond motifs is 5. The molecule has 0 amide bonds. The van der Waals surface area contributed by atoms with Crippen LogP contribution in [-0.2, 0) is 33.4 Å². The Kier molecular flexibility index (Phi) is 13.3. The summed E-state index contributed by atoms with van der Waals surface area (Å²) in [6.07, 6.45) is 7.47. The van der Waals surface area contributed by atoms with Crippen LogP contribution in [0.25, 0.3) is 0 Å². The van der Waals surface area contributed by atoms with Crippen LogP contribution < -0.4 is 0 Å². The number of esters is 1. The number of aliphatic hydroxyl groups is 2. The summed E-state index contributed by atoms with van der Waals surface area (Å²) in [6, 6.07) is 0. The second-order valence-corrected chi connectivity index (χ2v) is 12.8. The van der Waals surface area contributed by atoms with Gasteiger partial charge in [0.25, 0.3) is 0 Å². The van der Waals surface area contributed by atoms with Gasteiger partial charge in [-0.1, -0.05) is 48.4 Å². The highest BCUT2D eigenvalue weighted by Crippen LogP contribution is 2.67. The lowest BCUT2D eigenvalue weighted by atomic mass is 9.45. The molecule has 8 atom stereocenters. The Morgan fingerprint density at radius 3 is 2.33 bits per heavy atom. The fourth-order valence-corrected chi connectivity index (χ4v) is 8.02. The second-order valence-electron chi connectivity index (χ2n) is 12.1. The second kappa shape index (κ2) is 15.3. The number of ketones is 2. The summed E-state index contributed by atoms with van der Waals surface area (Å²) < 4.78 is 15.0. The van der Waals surface area contributed by atoms with Crippen molar-refractivity contribution in [3.63, 3.8) is 0 Å². The standard InChI is InChI=1S/C24H32O6.C6H14O2.C2H3BrO/c1-13-9-16-17-6-8-24(29,20(28)12-30-14(2)25)23(17,4)11-19(27)21(16)22(3)7-5-15(26)10-18(13)22;1-4-7-6(3)8-5-2;3-1-2-4/h5,7,10,13,16-17,19,21,27,29H,6,8-9,11-12H2,1-4H3;6H,4-5H2,1-3H3;2H,1H2/t13-,16-,17-,19-,21+,22-,23-,24-;;/m0../s1. The van der Waals surface area contributed by atoms with Gasteiger partial charge >= 0.3 is 5.97 Å². The van der Waals surface area contributed by atoms with E-state index in [-0.39, 0.29) is 35.7 Å². The summed E-state index contributed by atoms with van der Waals surface area (Å²) >= 11 is 2.88. The van der Waals surface area contributed by atoms with Gasteiger partial charge < -0.3 is 29.2 Å². The first kappa shape index (κ1) is 36.5. The molecule has 42 heavy (non-hydrogen) atoms. The third-order valence-corrected chi connectivity index (χ3v) is 9.97. The van der Waals surface area contributed by atoms with E-state index in [1.54, 1.807) is 12.2 Å². The molecule has 2 N–H and O–H groups in total. The van der Waals surface area contributed by atoms with E-state index >= 15 is 0 Å². The maximum atomic E-state index is 12.9. The molecule has 3 fully saturated rings. The number of halogens is 1. The highest BCUT2D eigenvalue weighted by molar-refractivity contribution is 9.09. The molecule has 0 unspecified atom stereocenters. The summed E-state index contributed by atoms with van der Waals surface area (Å²) in [4.78, 5) is 45.2. The SMILES string of the molecule is CC(=O)OCC(=O)[C@@]1(O)CC[C@H]2[C@@H]3C[C@H](C)C4=CC(=O)C=C[C@]4(C)[C@H]3[C@@H](O)C[C@@]21C.CCOC(C)OCC.O=CCBr. The first-order valence-corrected chi connectivity index (χ1v) is 16.0. The molecule has 0 saturated heterocycles. The number of hydrogen-bond donors (Lipinski definition) is 2. The summed E-state index contributed by atoms with van der Waals surface area (Å²) in [7, 11) is 0. The van der Waals surface area contributed by atoms with Crippen LogP contribution in [0.2, 0.25) is 0 Å². The van der Waals surface area contributed by atoms with E-state index in [4.69, 9.17) is 19.0 Å². The number of alkyl halides is 1. The number of aliphatic hydroxyl groups excluding tert-OH is 1. The maximum Gasteiger partial charge on any atom is 0.303 e. The molecule has 0 bridgehead atoms. The van der Waals surface area contributed by atoms with E-state index in [2.05, 4.69) is 29.8 Å². The molecule has 0 aromatic heterocycles. The highest BCUT2D eigenvalue weighted by Gasteiger charge is 2.68. The molecule has 9 nitrogen and oxygen atoms in total. The van der Waals surface area contributed by atoms with Gasteiger partial charge in [0, 0.05) is 36.9 Å². The average molecular weight is 658 g/mol. The van der Waals surface area contributed by atoms with Crippen molar-refractivity contribution in [1.29, 1.82) is 0 Å². The van der Waals surface area contributed by atoms with E-state index in [9.17, 15) is 24.6 Å². The predicted molar refractivity (Wildman–Crippen MR) is 162 cm³/mol. The van der Waals surface area contributed by atoms with Crippen LogP contribution in [0.15, 0.2) is 23.8 Å². The van der Waals surface area contributed by atoms with Gasteiger partial charge in [0.2, 0.25) is 5.78 Å². The van der Waals surface area contributed by atoms with Crippen LogP contribution in [0.3, 0.4) is 0 Å². The van der Waals surface area contributed by atoms with E-state index in [0.717, 1.165) is 31.5 Å². The van der Waals surface area contributed by atoms with Crippen molar-refractivity contribution in [3.8, 4) is 0 Å². The zero-order chi connectivity index (χ0) is 31.9. The van der Waals surface area contributed by atoms with Crippen LogP contribution in [0.4, 0.5) is 0 Å². The molecule has 0 aromatic carbocycles. The van der Waals surface area contributed by atoms with E-state index < -0.39 is 40.9 Å². The lowest BCUT2D eigenvalue weighted by Gasteiger charge is -2.60. The summed E-state index contributed by atoms with van der Waals surface area (Å²) in [6.45, 7) is 14.2. The van der Waals surface area contributed by atoms with Crippen LogP contribution in [0, 0.1) is 34.5 Å². The summed E-state index contributed by atoms with van der Waals surface area (Å²) in [5.41, 5.74) is -1.72. The van der Waals surface area contributed by atoms with Crippen LogP contribution >= 0.6 is 15.9 Å². The number of Topliss-reactive ketones (excluding diaryl/α,β-unsaturated/α-hetero) is 1. The van der Waals surface area contributed by atoms with Crippen molar-refractivity contribution in [2.45, 2.75) is 92.1 Å². The van der Waals surface area contributed by atoms with Crippen molar-refractivity contribution in [3.05, 3.63) is 23.8 Å². The highest BCUT2D eigenvalue weighted by atomic mass is 79.9. The van der Waals surface area contributed by atoms with Crippen molar-refractivity contribution in [2.75, 3.05) is 25.2 Å². The minimum Gasteiger partial charge on any atom is -0.458 e.